The Kier molecular flexibility index (Phi) is 4.78. The minimum Gasteiger partial charge on any atom is -0.304 e. The summed E-state index contributed by atoms with van der Waals surface area (Å²) >= 11 is 9.43. The van der Waals surface area contributed by atoms with Crippen molar-refractivity contribution < 1.29 is 4.79 Å². The van der Waals surface area contributed by atoms with Crippen molar-refractivity contribution >= 4 is 33.3 Å². The quantitative estimate of drug-likeness (QED) is 0.795. The van der Waals surface area contributed by atoms with Crippen LogP contribution < -0.4 is 0 Å². The largest absolute Gasteiger partial charge is 0.304 e. The summed E-state index contributed by atoms with van der Waals surface area (Å²) in [6.07, 6.45) is 0. The van der Waals surface area contributed by atoms with Gasteiger partial charge in [-0.3, -0.25) is 9.69 Å². The van der Waals surface area contributed by atoms with Gasteiger partial charge < -0.3 is 4.90 Å². The zero-order valence-corrected chi connectivity index (χ0v) is 12.7. The number of likely N-dealkylation sites (N-methyl/N-ethyl adjacent to an activating group) is 1. The molecule has 1 aromatic carbocycles. The molecule has 18 heavy (non-hydrogen) atoms. The fraction of sp³-hybridized carbons (Fsp3) is 0.462. The predicted octanol–water partition coefficient (Wildman–Crippen LogP) is 2.53. The Morgan fingerprint density at radius 2 is 2.00 bits per heavy atom. The lowest BCUT2D eigenvalue weighted by Crippen LogP contribution is -2.46. The maximum atomic E-state index is 12.2. The molecule has 1 aliphatic rings. The van der Waals surface area contributed by atoms with E-state index in [1.54, 1.807) is 12.1 Å². The lowest BCUT2D eigenvalue weighted by molar-refractivity contribution is 0.0876. The molecular formula is C13H16BrClN2O. The van der Waals surface area contributed by atoms with Crippen LogP contribution in [0.4, 0.5) is 0 Å². The molecule has 1 aromatic rings. The SMILES string of the molecule is CN1CCN(CC(=O)c2cc(Br)ccc2Cl)CC1. The van der Waals surface area contributed by atoms with Crippen LogP contribution in [0.3, 0.4) is 0 Å². The minimum atomic E-state index is 0.0888. The molecule has 3 nitrogen and oxygen atoms in total. The van der Waals surface area contributed by atoms with E-state index in [1.807, 2.05) is 6.07 Å². The molecule has 0 radical (unpaired) electrons. The maximum Gasteiger partial charge on any atom is 0.178 e. The molecular weight excluding hydrogens is 316 g/mol. The van der Waals surface area contributed by atoms with Crippen LogP contribution in [0.5, 0.6) is 0 Å². The van der Waals surface area contributed by atoms with E-state index in [-0.39, 0.29) is 5.78 Å². The number of carbonyl (C=O) groups excluding carboxylic acids is 1. The molecule has 0 aliphatic carbocycles. The first kappa shape index (κ1) is 14.0. The average molecular weight is 332 g/mol. The lowest BCUT2D eigenvalue weighted by Gasteiger charge is -2.31. The van der Waals surface area contributed by atoms with Gasteiger partial charge in [-0.25, -0.2) is 0 Å². The van der Waals surface area contributed by atoms with E-state index in [2.05, 4.69) is 32.8 Å². The Hall–Kier alpha value is -0.420. The van der Waals surface area contributed by atoms with E-state index in [0.717, 1.165) is 30.7 Å². The first-order chi connectivity index (χ1) is 8.56. The van der Waals surface area contributed by atoms with Gasteiger partial charge in [0.1, 0.15) is 0 Å². The molecule has 1 aliphatic heterocycles. The third-order valence-electron chi connectivity index (χ3n) is 3.19. The Balaban J connectivity index is 2.01. The van der Waals surface area contributed by atoms with E-state index < -0.39 is 0 Å². The number of piperazine rings is 1. The minimum absolute atomic E-state index is 0.0888. The van der Waals surface area contributed by atoms with Gasteiger partial charge in [-0.05, 0) is 25.2 Å². The third-order valence-corrected chi connectivity index (χ3v) is 4.01. The number of benzene rings is 1. The van der Waals surface area contributed by atoms with Crippen LogP contribution in [0.2, 0.25) is 5.02 Å². The second-order valence-electron chi connectivity index (χ2n) is 4.63. The predicted molar refractivity (Wildman–Crippen MR) is 77.4 cm³/mol. The summed E-state index contributed by atoms with van der Waals surface area (Å²) in [4.78, 5) is 16.7. The first-order valence-electron chi connectivity index (χ1n) is 5.95. The normalized spacial score (nSPS) is 17.9. The smallest absolute Gasteiger partial charge is 0.178 e. The molecule has 5 heteroatoms. The molecule has 98 valence electrons. The van der Waals surface area contributed by atoms with Crippen LogP contribution in [0.25, 0.3) is 0 Å². The Labute approximate surface area is 121 Å². The third kappa shape index (κ3) is 3.54. The Bertz CT molecular complexity index is 445. The summed E-state index contributed by atoms with van der Waals surface area (Å²) in [5.41, 5.74) is 0.602. The molecule has 0 N–H and O–H groups in total. The zero-order valence-electron chi connectivity index (χ0n) is 10.3. The number of nitrogens with zero attached hydrogens (tertiary/aromatic N) is 2. The number of carbonyl (C=O) groups is 1. The van der Waals surface area contributed by atoms with Crippen molar-refractivity contribution in [2.45, 2.75) is 0 Å². The van der Waals surface area contributed by atoms with Gasteiger partial charge in [0.2, 0.25) is 0 Å². The Morgan fingerprint density at radius 1 is 1.33 bits per heavy atom. The van der Waals surface area contributed by atoms with Crippen molar-refractivity contribution in [1.82, 2.24) is 9.80 Å². The average Bonchev–Trinajstić information content (AvgIpc) is 2.35. The molecule has 0 bridgehead atoms. The van der Waals surface area contributed by atoms with Crippen molar-refractivity contribution in [3.8, 4) is 0 Å². The van der Waals surface area contributed by atoms with Crippen molar-refractivity contribution in [2.24, 2.45) is 0 Å². The number of hydrogen-bond donors (Lipinski definition) is 0. The van der Waals surface area contributed by atoms with Crippen LogP contribution in [-0.4, -0.2) is 55.4 Å². The molecule has 1 heterocycles. The maximum absolute atomic E-state index is 12.2. The van der Waals surface area contributed by atoms with Crippen molar-refractivity contribution in [3.05, 3.63) is 33.3 Å². The van der Waals surface area contributed by atoms with E-state index in [0.29, 0.717) is 17.1 Å². The van der Waals surface area contributed by atoms with Gasteiger partial charge in [0.05, 0.1) is 11.6 Å². The highest BCUT2D eigenvalue weighted by Crippen LogP contribution is 2.21. The molecule has 1 fully saturated rings. The van der Waals surface area contributed by atoms with E-state index >= 15 is 0 Å². The molecule has 0 unspecified atom stereocenters. The van der Waals surface area contributed by atoms with Crippen LogP contribution >= 0.6 is 27.5 Å². The highest BCUT2D eigenvalue weighted by Gasteiger charge is 2.18. The number of ketones is 1. The first-order valence-corrected chi connectivity index (χ1v) is 7.12. The topological polar surface area (TPSA) is 23.6 Å². The summed E-state index contributed by atoms with van der Waals surface area (Å²) in [5, 5.41) is 0.525. The summed E-state index contributed by atoms with van der Waals surface area (Å²) in [5.74, 6) is 0.0888. The summed E-state index contributed by atoms with van der Waals surface area (Å²) < 4.78 is 0.883. The molecule has 0 atom stereocenters. The van der Waals surface area contributed by atoms with Crippen LogP contribution in [0.15, 0.2) is 22.7 Å². The summed E-state index contributed by atoms with van der Waals surface area (Å²) in [6, 6.07) is 5.39. The second kappa shape index (κ2) is 6.15. The Morgan fingerprint density at radius 3 is 2.67 bits per heavy atom. The van der Waals surface area contributed by atoms with E-state index in [4.69, 9.17) is 11.6 Å². The van der Waals surface area contributed by atoms with Crippen molar-refractivity contribution in [3.63, 3.8) is 0 Å². The molecule has 2 rings (SSSR count). The number of Topliss-reactive ketones (excluding diaryl/α,β-unsaturated/α-hetero) is 1. The fourth-order valence-corrected chi connectivity index (χ4v) is 2.59. The van der Waals surface area contributed by atoms with Crippen LogP contribution in [-0.2, 0) is 0 Å². The number of halogens is 2. The molecule has 0 amide bonds. The van der Waals surface area contributed by atoms with Gasteiger partial charge in [-0.1, -0.05) is 27.5 Å². The second-order valence-corrected chi connectivity index (χ2v) is 5.95. The highest BCUT2D eigenvalue weighted by molar-refractivity contribution is 9.10. The van der Waals surface area contributed by atoms with Gasteiger partial charge in [-0.2, -0.15) is 0 Å². The fourth-order valence-electron chi connectivity index (χ4n) is 2.01. The van der Waals surface area contributed by atoms with Crippen molar-refractivity contribution in [1.29, 1.82) is 0 Å². The summed E-state index contributed by atoms with van der Waals surface area (Å²) in [7, 11) is 2.10. The lowest BCUT2D eigenvalue weighted by atomic mass is 10.1. The molecule has 0 saturated carbocycles. The van der Waals surface area contributed by atoms with E-state index in [1.165, 1.54) is 0 Å². The van der Waals surface area contributed by atoms with Crippen LogP contribution in [0.1, 0.15) is 10.4 Å². The highest BCUT2D eigenvalue weighted by atomic mass is 79.9. The summed E-state index contributed by atoms with van der Waals surface area (Å²) in [6.45, 7) is 4.35. The van der Waals surface area contributed by atoms with Gasteiger partial charge in [0, 0.05) is 36.2 Å². The van der Waals surface area contributed by atoms with Crippen molar-refractivity contribution in [2.75, 3.05) is 39.8 Å². The molecule has 1 saturated heterocycles. The zero-order chi connectivity index (χ0) is 13.1. The van der Waals surface area contributed by atoms with Gasteiger partial charge >= 0.3 is 0 Å². The van der Waals surface area contributed by atoms with Gasteiger partial charge in [-0.15, -0.1) is 0 Å². The number of rotatable bonds is 3. The molecule has 0 aromatic heterocycles. The standard InChI is InChI=1S/C13H16BrClN2O/c1-16-4-6-17(7-5-16)9-13(18)11-8-10(14)2-3-12(11)15/h2-3,8H,4-7,9H2,1H3. The van der Waals surface area contributed by atoms with Gasteiger partial charge in [0.25, 0.3) is 0 Å². The monoisotopic (exact) mass is 330 g/mol. The van der Waals surface area contributed by atoms with Gasteiger partial charge in [0.15, 0.2) is 5.78 Å². The van der Waals surface area contributed by atoms with E-state index in [9.17, 15) is 4.79 Å². The number of hydrogen-bond acceptors (Lipinski definition) is 3. The van der Waals surface area contributed by atoms with Crippen LogP contribution in [0, 0.1) is 0 Å². The molecule has 0 spiro atoms.